The van der Waals surface area contributed by atoms with Crippen LogP contribution in [-0.2, 0) is 0 Å². The summed E-state index contributed by atoms with van der Waals surface area (Å²) in [6.45, 7) is 9.32. The van der Waals surface area contributed by atoms with Crippen molar-refractivity contribution < 1.29 is 0 Å². The number of aromatic nitrogens is 1. The third kappa shape index (κ3) is 3.47. The van der Waals surface area contributed by atoms with Crippen LogP contribution in [-0.4, -0.2) is 11.0 Å². The van der Waals surface area contributed by atoms with Crippen LogP contribution < -0.4 is 5.32 Å². The molecular weight excluding hydrogens is 234 g/mol. The van der Waals surface area contributed by atoms with Gasteiger partial charge in [0.25, 0.3) is 0 Å². The maximum absolute atomic E-state index is 9.10. The molecule has 1 aromatic heterocycles. The molecule has 1 fully saturated rings. The van der Waals surface area contributed by atoms with E-state index in [1.54, 1.807) is 6.20 Å². The summed E-state index contributed by atoms with van der Waals surface area (Å²) in [5, 5.41) is 12.6. The van der Waals surface area contributed by atoms with Crippen LogP contribution in [0.25, 0.3) is 0 Å². The number of hydrogen-bond acceptors (Lipinski definition) is 3. The number of nitriles is 1. The standard InChI is InChI=1S/C16H23N3/c1-15(2)8-12(9-16(3,4)11-15)19-13-6-5-7-18-14(13)10-17/h5-7,12,19H,8-9,11H2,1-4H3. The average Bonchev–Trinajstić information content (AvgIpc) is 2.25. The number of hydrogen-bond donors (Lipinski definition) is 1. The normalized spacial score (nSPS) is 21.6. The molecule has 0 atom stereocenters. The van der Waals surface area contributed by atoms with Gasteiger partial charge in [-0.15, -0.1) is 0 Å². The highest BCUT2D eigenvalue weighted by Gasteiger charge is 2.38. The Kier molecular flexibility index (Phi) is 3.54. The van der Waals surface area contributed by atoms with Gasteiger partial charge in [-0.25, -0.2) is 4.98 Å². The number of rotatable bonds is 2. The molecule has 0 spiro atoms. The maximum Gasteiger partial charge on any atom is 0.163 e. The van der Waals surface area contributed by atoms with Crippen molar-refractivity contribution in [1.29, 1.82) is 5.26 Å². The van der Waals surface area contributed by atoms with Gasteiger partial charge in [0.1, 0.15) is 6.07 Å². The molecule has 1 aliphatic rings. The third-order valence-electron chi connectivity index (χ3n) is 3.83. The fourth-order valence-electron chi connectivity index (χ4n) is 3.78. The minimum Gasteiger partial charge on any atom is -0.380 e. The first-order valence-electron chi connectivity index (χ1n) is 6.93. The van der Waals surface area contributed by atoms with Gasteiger partial charge < -0.3 is 5.32 Å². The predicted molar refractivity (Wildman–Crippen MR) is 77.8 cm³/mol. The molecule has 102 valence electrons. The third-order valence-corrected chi connectivity index (χ3v) is 3.83. The van der Waals surface area contributed by atoms with E-state index < -0.39 is 0 Å². The van der Waals surface area contributed by atoms with E-state index in [9.17, 15) is 0 Å². The highest BCUT2D eigenvalue weighted by Crippen LogP contribution is 2.46. The molecule has 1 aliphatic carbocycles. The van der Waals surface area contributed by atoms with Crippen LogP contribution in [0.2, 0.25) is 0 Å². The maximum atomic E-state index is 9.10. The lowest BCUT2D eigenvalue weighted by Crippen LogP contribution is -2.40. The van der Waals surface area contributed by atoms with Crippen molar-refractivity contribution in [3.63, 3.8) is 0 Å². The molecule has 3 nitrogen and oxygen atoms in total. The summed E-state index contributed by atoms with van der Waals surface area (Å²) in [6.07, 6.45) is 5.18. The zero-order chi connectivity index (χ0) is 14.1. The molecule has 0 bridgehead atoms. The summed E-state index contributed by atoms with van der Waals surface area (Å²) in [7, 11) is 0. The molecule has 3 heteroatoms. The summed E-state index contributed by atoms with van der Waals surface area (Å²) in [5.41, 5.74) is 2.04. The van der Waals surface area contributed by atoms with E-state index in [1.807, 2.05) is 12.1 Å². The molecule has 19 heavy (non-hydrogen) atoms. The molecule has 1 heterocycles. The Morgan fingerprint density at radius 3 is 2.47 bits per heavy atom. The number of nitrogens with zero attached hydrogens (tertiary/aromatic N) is 2. The molecular formula is C16H23N3. The molecule has 1 saturated carbocycles. The fourth-order valence-corrected chi connectivity index (χ4v) is 3.78. The van der Waals surface area contributed by atoms with Gasteiger partial charge in [0.2, 0.25) is 0 Å². The van der Waals surface area contributed by atoms with Crippen LogP contribution in [0.15, 0.2) is 18.3 Å². The molecule has 0 amide bonds. The summed E-state index contributed by atoms with van der Waals surface area (Å²) >= 11 is 0. The minimum absolute atomic E-state index is 0.342. The molecule has 0 radical (unpaired) electrons. The second kappa shape index (κ2) is 4.85. The second-order valence-electron chi connectivity index (χ2n) is 7.27. The van der Waals surface area contributed by atoms with Gasteiger partial charge in [0, 0.05) is 12.2 Å². The lowest BCUT2D eigenvalue weighted by molar-refractivity contribution is 0.105. The van der Waals surface area contributed by atoms with Gasteiger partial charge >= 0.3 is 0 Å². The molecule has 1 N–H and O–H groups in total. The zero-order valence-corrected chi connectivity index (χ0v) is 12.3. The first-order chi connectivity index (χ1) is 8.81. The first-order valence-corrected chi connectivity index (χ1v) is 6.93. The van der Waals surface area contributed by atoms with Crippen LogP contribution >= 0.6 is 0 Å². The summed E-state index contributed by atoms with van der Waals surface area (Å²) < 4.78 is 0. The van der Waals surface area contributed by atoms with Crippen molar-refractivity contribution in [1.82, 2.24) is 4.98 Å². The van der Waals surface area contributed by atoms with Crippen molar-refractivity contribution >= 4 is 5.69 Å². The van der Waals surface area contributed by atoms with Gasteiger partial charge in [-0.1, -0.05) is 27.7 Å². The van der Waals surface area contributed by atoms with E-state index in [4.69, 9.17) is 5.26 Å². The molecule has 2 rings (SSSR count). The summed E-state index contributed by atoms with van der Waals surface area (Å²) in [5.74, 6) is 0. The number of nitrogens with one attached hydrogen (secondary N) is 1. The predicted octanol–water partition coefficient (Wildman–Crippen LogP) is 3.97. The Balaban J connectivity index is 2.17. The highest BCUT2D eigenvalue weighted by molar-refractivity contribution is 5.53. The van der Waals surface area contributed by atoms with Crippen molar-refractivity contribution in [3.8, 4) is 6.07 Å². The molecule has 0 saturated heterocycles. The molecule has 1 aromatic rings. The summed E-state index contributed by atoms with van der Waals surface area (Å²) in [4.78, 5) is 4.11. The van der Waals surface area contributed by atoms with Gasteiger partial charge in [-0.3, -0.25) is 0 Å². The monoisotopic (exact) mass is 257 g/mol. The average molecular weight is 257 g/mol. The highest BCUT2D eigenvalue weighted by atomic mass is 14.9. The number of anilines is 1. The van der Waals surface area contributed by atoms with Crippen LogP contribution in [0.4, 0.5) is 5.69 Å². The van der Waals surface area contributed by atoms with E-state index >= 15 is 0 Å². The molecule has 0 aromatic carbocycles. The fraction of sp³-hybridized carbons (Fsp3) is 0.625. The Bertz CT molecular complexity index is 481. The minimum atomic E-state index is 0.342. The topological polar surface area (TPSA) is 48.7 Å². The van der Waals surface area contributed by atoms with Gasteiger partial charge in [-0.2, -0.15) is 5.26 Å². The van der Waals surface area contributed by atoms with Crippen LogP contribution in [0, 0.1) is 22.2 Å². The summed E-state index contributed by atoms with van der Waals surface area (Å²) in [6, 6.07) is 6.39. The Morgan fingerprint density at radius 2 is 1.89 bits per heavy atom. The number of pyridine rings is 1. The second-order valence-corrected chi connectivity index (χ2v) is 7.27. The quantitative estimate of drug-likeness (QED) is 0.872. The van der Waals surface area contributed by atoms with Crippen molar-refractivity contribution in [2.24, 2.45) is 10.8 Å². The Hall–Kier alpha value is -1.56. The van der Waals surface area contributed by atoms with Crippen LogP contribution in [0.5, 0.6) is 0 Å². The van der Waals surface area contributed by atoms with E-state index in [2.05, 4.69) is 44.1 Å². The lowest BCUT2D eigenvalue weighted by atomic mass is 9.63. The van der Waals surface area contributed by atoms with Crippen molar-refractivity contribution in [3.05, 3.63) is 24.0 Å². The van der Waals surface area contributed by atoms with E-state index in [0.29, 0.717) is 22.6 Å². The molecule has 0 unspecified atom stereocenters. The van der Waals surface area contributed by atoms with Gasteiger partial charge in [0.05, 0.1) is 5.69 Å². The van der Waals surface area contributed by atoms with Crippen LogP contribution in [0.1, 0.15) is 52.7 Å². The Labute approximate surface area is 116 Å². The smallest absolute Gasteiger partial charge is 0.163 e. The first kappa shape index (κ1) is 13.9. The van der Waals surface area contributed by atoms with E-state index in [-0.39, 0.29) is 0 Å². The van der Waals surface area contributed by atoms with Gasteiger partial charge in [0.15, 0.2) is 5.69 Å². The zero-order valence-electron chi connectivity index (χ0n) is 12.3. The SMILES string of the molecule is CC1(C)CC(Nc2cccnc2C#N)CC(C)(C)C1. The van der Waals surface area contributed by atoms with Gasteiger partial charge in [-0.05, 0) is 42.2 Å². The lowest BCUT2D eigenvalue weighted by Gasteiger charge is -2.45. The largest absolute Gasteiger partial charge is 0.380 e. The van der Waals surface area contributed by atoms with E-state index in [0.717, 1.165) is 18.5 Å². The van der Waals surface area contributed by atoms with Crippen molar-refractivity contribution in [2.75, 3.05) is 5.32 Å². The van der Waals surface area contributed by atoms with E-state index in [1.165, 1.54) is 6.42 Å². The van der Waals surface area contributed by atoms with Crippen LogP contribution in [0.3, 0.4) is 0 Å². The molecule has 0 aliphatic heterocycles. The Morgan fingerprint density at radius 1 is 1.26 bits per heavy atom. The van der Waals surface area contributed by atoms with Crippen molar-refractivity contribution in [2.45, 2.75) is 53.0 Å².